The van der Waals surface area contributed by atoms with Crippen molar-refractivity contribution in [2.24, 2.45) is 18.7 Å². The lowest BCUT2D eigenvalue weighted by Crippen LogP contribution is -2.29. The zero-order valence-electron chi connectivity index (χ0n) is 14.6. The van der Waals surface area contributed by atoms with Gasteiger partial charge in [-0.05, 0) is 24.5 Å². The van der Waals surface area contributed by atoms with Crippen molar-refractivity contribution in [3.8, 4) is 5.75 Å². The summed E-state index contributed by atoms with van der Waals surface area (Å²) in [6.07, 6.45) is 3.39. The van der Waals surface area contributed by atoms with E-state index in [4.69, 9.17) is 10.5 Å². The van der Waals surface area contributed by atoms with Crippen LogP contribution in [0.3, 0.4) is 0 Å². The van der Waals surface area contributed by atoms with Gasteiger partial charge in [0, 0.05) is 36.1 Å². The Bertz CT molecular complexity index is 982. The van der Waals surface area contributed by atoms with Crippen molar-refractivity contribution >= 4 is 21.7 Å². The van der Waals surface area contributed by atoms with Gasteiger partial charge in [-0.15, -0.1) is 0 Å². The highest BCUT2D eigenvalue weighted by Gasteiger charge is 2.14. The highest BCUT2D eigenvalue weighted by atomic mass is 19.1. The molecule has 5 nitrogen and oxygen atoms in total. The van der Waals surface area contributed by atoms with Gasteiger partial charge in [-0.3, -0.25) is 9.78 Å². The normalized spacial score (nSPS) is 12.9. The highest BCUT2D eigenvalue weighted by molar-refractivity contribution is 6.05. The lowest BCUT2D eigenvalue weighted by atomic mass is 10.1. The van der Waals surface area contributed by atoms with Crippen LogP contribution in [0.25, 0.3) is 21.7 Å². The van der Waals surface area contributed by atoms with E-state index in [1.165, 1.54) is 10.8 Å². The van der Waals surface area contributed by atoms with Crippen LogP contribution < -0.4 is 16.0 Å². The number of halogens is 1. The molecule has 0 saturated carbocycles. The third kappa shape index (κ3) is 3.35. The van der Waals surface area contributed by atoms with Crippen molar-refractivity contribution in [1.82, 2.24) is 9.55 Å². The molecule has 0 aliphatic heterocycles. The molecule has 0 fully saturated rings. The third-order valence-electron chi connectivity index (χ3n) is 4.27. The van der Waals surface area contributed by atoms with Crippen LogP contribution in [-0.4, -0.2) is 22.2 Å². The van der Waals surface area contributed by atoms with Gasteiger partial charge in [-0.2, -0.15) is 0 Å². The summed E-state index contributed by atoms with van der Waals surface area (Å²) >= 11 is 0. The lowest BCUT2D eigenvalue weighted by molar-refractivity contribution is 0.271. The van der Waals surface area contributed by atoms with Gasteiger partial charge >= 0.3 is 0 Å². The van der Waals surface area contributed by atoms with Gasteiger partial charge in [-0.1, -0.05) is 13.8 Å². The first-order valence-electron chi connectivity index (χ1n) is 8.32. The van der Waals surface area contributed by atoms with Crippen LogP contribution in [0.15, 0.2) is 35.4 Å². The molecule has 3 aromatic rings. The Kier molecular flexibility index (Phi) is 4.72. The summed E-state index contributed by atoms with van der Waals surface area (Å²) in [4.78, 5) is 16.3. The molecule has 0 unspecified atom stereocenters. The first kappa shape index (κ1) is 17.4. The average Bonchev–Trinajstić information content (AvgIpc) is 2.57. The first-order valence-corrected chi connectivity index (χ1v) is 8.32. The SMILES string of the molecule is CC(C)C[C@H](N)COc1ccc2c3c(F)cncc3c(=O)n(C)c2c1. The molecule has 6 heteroatoms. The van der Waals surface area contributed by atoms with Gasteiger partial charge in [-0.25, -0.2) is 4.39 Å². The predicted molar refractivity (Wildman–Crippen MR) is 97.4 cm³/mol. The van der Waals surface area contributed by atoms with E-state index in [1.54, 1.807) is 25.2 Å². The molecule has 0 aliphatic rings. The summed E-state index contributed by atoms with van der Waals surface area (Å²) in [5.74, 6) is 0.599. The second kappa shape index (κ2) is 6.80. The maximum atomic E-state index is 14.2. The molecule has 2 aromatic heterocycles. The Balaban J connectivity index is 2.04. The maximum Gasteiger partial charge on any atom is 0.260 e. The molecule has 0 aliphatic carbocycles. The summed E-state index contributed by atoms with van der Waals surface area (Å²) in [7, 11) is 1.66. The van der Waals surface area contributed by atoms with Gasteiger partial charge in [0.25, 0.3) is 5.56 Å². The number of pyridine rings is 2. The monoisotopic (exact) mass is 343 g/mol. The largest absolute Gasteiger partial charge is 0.492 e. The first-order chi connectivity index (χ1) is 11.9. The number of hydrogen-bond acceptors (Lipinski definition) is 4. The number of aryl methyl sites for hydroxylation is 1. The van der Waals surface area contributed by atoms with Gasteiger partial charge < -0.3 is 15.0 Å². The quantitative estimate of drug-likeness (QED) is 0.723. The Morgan fingerprint density at radius 3 is 2.76 bits per heavy atom. The smallest absolute Gasteiger partial charge is 0.260 e. The second-order valence-electron chi connectivity index (χ2n) is 6.79. The van der Waals surface area contributed by atoms with Crippen molar-refractivity contribution in [1.29, 1.82) is 0 Å². The third-order valence-corrected chi connectivity index (χ3v) is 4.27. The van der Waals surface area contributed by atoms with Crippen molar-refractivity contribution < 1.29 is 9.13 Å². The van der Waals surface area contributed by atoms with Crippen LogP contribution >= 0.6 is 0 Å². The van der Waals surface area contributed by atoms with E-state index in [1.807, 2.05) is 0 Å². The molecule has 0 spiro atoms. The Morgan fingerprint density at radius 1 is 1.28 bits per heavy atom. The average molecular weight is 343 g/mol. The van der Waals surface area contributed by atoms with Crippen molar-refractivity contribution in [3.63, 3.8) is 0 Å². The van der Waals surface area contributed by atoms with Gasteiger partial charge in [0.15, 0.2) is 0 Å². The van der Waals surface area contributed by atoms with Crippen molar-refractivity contribution in [3.05, 3.63) is 46.8 Å². The molecule has 1 aromatic carbocycles. The predicted octanol–water partition coefficient (Wildman–Crippen LogP) is 2.98. The Labute approximate surface area is 145 Å². The summed E-state index contributed by atoms with van der Waals surface area (Å²) in [5.41, 5.74) is 6.37. The summed E-state index contributed by atoms with van der Waals surface area (Å²) in [5, 5.41) is 1.20. The molecular weight excluding hydrogens is 321 g/mol. The zero-order valence-corrected chi connectivity index (χ0v) is 14.6. The van der Waals surface area contributed by atoms with Crippen molar-refractivity contribution in [2.45, 2.75) is 26.3 Å². The Hall–Kier alpha value is -2.47. The fourth-order valence-corrected chi connectivity index (χ4v) is 3.13. The number of nitrogens with zero attached hydrogens (tertiary/aromatic N) is 2. The van der Waals surface area contributed by atoms with Crippen LogP contribution in [0.4, 0.5) is 4.39 Å². The molecule has 0 bridgehead atoms. The number of nitrogens with two attached hydrogens (primary N) is 1. The van der Waals surface area contributed by atoms with Crippen LogP contribution in [0.2, 0.25) is 0 Å². The minimum absolute atomic E-state index is 0.0559. The molecule has 3 rings (SSSR count). The summed E-state index contributed by atoms with van der Waals surface area (Å²) in [6.45, 7) is 4.61. The number of benzene rings is 1. The number of ether oxygens (including phenoxy) is 1. The maximum absolute atomic E-state index is 14.2. The van der Waals surface area contributed by atoms with Gasteiger partial charge in [0.2, 0.25) is 0 Å². The Morgan fingerprint density at radius 2 is 2.04 bits per heavy atom. The zero-order chi connectivity index (χ0) is 18.1. The molecule has 0 radical (unpaired) electrons. The number of fused-ring (bicyclic) bond motifs is 3. The summed E-state index contributed by atoms with van der Waals surface area (Å²) in [6, 6.07) is 5.23. The molecule has 25 heavy (non-hydrogen) atoms. The van der Waals surface area contributed by atoms with E-state index in [-0.39, 0.29) is 22.4 Å². The fourth-order valence-electron chi connectivity index (χ4n) is 3.13. The standard InChI is InChI=1S/C19H22FN3O2/c1-11(2)6-12(21)10-25-13-4-5-14-17(7-13)23(3)19(24)15-8-22-9-16(20)18(14)15/h4-5,7-9,11-12H,6,10,21H2,1-3H3/t12-/m0/s1. The highest BCUT2D eigenvalue weighted by Crippen LogP contribution is 2.27. The van der Waals surface area contributed by atoms with E-state index < -0.39 is 5.82 Å². The lowest BCUT2D eigenvalue weighted by Gasteiger charge is -2.16. The fraction of sp³-hybridized carbons (Fsp3) is 0.368. The van der Waals surface area contributed by atoms with Crippen molar-refractivity contribution in [2.75, 3.05) is 6.61 Å². The molecule has 2 N–H and O–H groups in total. The second-order valence-corrected chi connectivity index (χ2v) is 6.79. The van der Waals surface area contributed by atoms with E-state index in [2.05, 4.69) is 18.8 Å². The van der Waals surface area contributed by atoms with Crippen LogP contribution in [-0.2, 0) is 7.05 Å². The van der Waals surface area contributed by atoms with Gasteiger partial charge in [0.05, 0.1) is 17.1 Å². The number of aromatic nitrogens is 2. The van der Waals surface area contributed by atoms with E-state index >= 15 is 0 Å². The minimum Gasteiger partial charge on any atom is -0.492 e. The topological polar surface area (TPSA) is 70.1 Å². The number of hydrogen-bond donors (Lipinski definition) is 1. The van der Waals surface area contributed by atoms with Crippen LogP contribution in [0.5, 0.6) is 5.75 Å². The number of rotatable bonds is 5. The van der Waals surface area contributed by atoms with Gasteiger partial charge in [0.1, 0.15) is 18.2 Å². The van der Waals surface area contributed by atoms with E-state index in [9.17, 15) is 9.18 Å². The molecule has 0 saturated heterocycles. The molecular formula is C19H22FN3O2. The van der Waals surface area contributed by atoms with Crippen LogP contribution in [0, 0.1) is 11.7 Å². The van der Waals surface area contributed by atoms with E-state index in [0.29, 0.717) is 29.2 Å². The molecule has 2 heterocycles. The molecule has 132 valence electrons. The summed E-state index contributed by atoms with van der Waals surface area (Å²) < 4.78 is 21.5. The minimum atomic E-state index is -0.507. The van der Waals surface area contributed by atoms with Crippen LogP contribution in [0.1, 0.15) is 20.3 Å². The molecule has 1 atom stereocenters. The molecule has 0 amide bonds. The van der Waals surface area contributed by atoms with E-state index in [0.717, 1.165) is 12.6 Å².